The van der Waals surface area contributed by atoms with Crippen molar-refractivity contribution in [3.8, 4) is 0 Å². The Bertz CT molecular complexity index is 2270. The van der Waals surface area contributed by atoms with E-state index in [-0.39, 0.29) is 88.8 Å². The lowest BCUT2D eigenvalue weighted by Gasteiger charge is -2.47. The van der Waals surface area contributed by atoms with Gasteiger partial charge in [-0.15, -0.1) is 0 Å². The molecule has 7 fully saturated rings. The molecule has 0 unspecified atom stereocenters. The van der Waals surface area contributed by atoms with E-state index in [0.717, 1.165) is 0 Å². The van der Waals surface area contributed by atoms with Crippen LogP contribution in [0.15, 0.2) is 0 Å². The standard InChI is InChI=1S/C12H23NO7S.2C10H21NO8S.C9H15NO7S/c1-11(2)19-10-9(17-4)8(16-3)7-18-12(10,20-11)5-6-21(13,14)15;1-14-7-5-18-10(17-4,19-6-20(11,12)13)9(16-3)8(7)15-2;1-14-7-5-18-10(17-4,6-19-20(11,12)13)9(16-3)8(7)15-2;10-18(11,12)2-1-9-8(15-5-17-9)7-6(3-16-9)13-4-14-7/h8-10H,5-7H2,1-4H3,(H2,13,14,15);2*7-9H,5-6H2,1-4H3,(H2,11,12,13);6-8H,1-5H2,(H2,10,11,12)/t8-,9-,10+,12+;7-,8-,9+,10+;7-,8-,9+,10-;6-,7-,8+,9+/m0111/s1. The normalized spacial score (nSPS) is 38.2. The number of sulfonamides is 3. The fourth-order valence-electron chi connectivity index (χ4n) is 9.58. The van der Waals surface area contributed by atoms with E-state index in [0.29, 0.717) is 0 Å². The third-order valence-electron chi connectivity index (χ3n) is 13.3. The molecule has 0 bridgehead atoms. The van der Waals surface area contributed by atoms with Gasteiger partial charge in [0.25, 0.3) is 0 Å². The van der Waals surface area contributed by atoms with Crippen LogP contribution in [0, 0.1) is 0 Å². The van der Waals surface area contributed by atoms with Crippen molar-refractivity contribution in [1.29, 1.82) is 0 Å². The Balaban J connectivity index is 0.000000227. The molecule has 0 aromatic carbocycles. The summed E-state index contributed by atoms with van der Waals surface area (Å²) in [5.74, 6) is -7.69. The number of rotatable bonds is 22. The number of hydrogen-bond acceptors (Lipinski definition) is 30. The van der Waals surface area contributed by atoms with E-state index in [1.807, 2.05) is 0 Å². The molecule has 0 radical (unpaired) electrons. The lowest BCUT2D eigenvalue weighted by Crippen LogP contribution is -2.65. The summed E-state index contributed by atoms with van der Waals surface area (Å²) in [7, 11) is -0.693. The Morgan fingerprint density at radius 2 is 1.03 bits per heavy atom. The lowest BCUT2D eigenvalue weighted by atomic mass is 9.95. The van der Waals surface area contributed by atoms with Gasteiger partial charge in [-0.2, -0.15) is 8.42 Å². The van der Waals surface area contributed by atoms with Crippen molar-refractivity contribution >= 4 is 40.4 Å². The highest BCUT2D eigenvalue weighted by Crippen LogP contribution is 2.46. The van der Waals surface area contributed by atoms with Crippen LogP contribution < -0.4 is 20.6 Å². The topological polar surface area (TPSA) is 444 Å². The van der Waals surface area contributed by atoms with Crippen LogP contribution >= 0.6 is 0 Å². The van der Waals surface area contributed by atoms with E-state index < -0.39 is 131 Å². The summed E-state index contributed by atoms with van der Waals surface area (Å²) in [6.45, 7) is 3.95. The van der Waals surface area contributed by atoms with Crippen LogP contribution in [0.25, 0.3) is 0 Å². The minimum Gasteiger partial charge on any atom is -0.376 e. The van der Waals surface area contributed by atoms with E-state index in [4.69, 9.17) is 120 Å². The van der Waals surface area contributed by atoms with E-state index in [1.165, 1.54) is 56.9 Å². The first kappa shape index (κ1) is 70.2. The van der Waals surface area contributed by atoms with Gasteiger partial charge in [-0.3, -0.25) is 4.18 Å². The summed E-state index contributed by atoms with van der Waals surface area (Å²) in [5, 5.41) is 19.8. The summed E-state index contributed by atoms with van der Waals surface area (Å²) >= 11 is 0. The van der Waals surface area contributed by atoms with E-state index >= 15 is 0 Å². The van der Waals surface area contributed by atoms with Crippen molar-refractivity contribution in [1.82, 2.24) is 0 Å². The molecule has 7 aliphatic rings. The summed E-state index contributed by atoms with van der Waals surface area (Å²) in [6, 6.07) is 0. The molecule has 79 heavy (non-hydrogen) atoms. The number of primary sulfonamides is 3. The molecule has 0 spiro atoms. The zero-order valence-corrected chi connectivity index (χ0v) is 49.4. The van der Waals surface area contributed by atoms with Crippen molar-refractivity contribution in [2.45, 2.75) is 129 Å². The molecule has 0 aromatic rings. The Labute approximate surface area is 460 Å². The SMILES string of the molecule is CO[C@@H]1[C@H](OC)CO[C@@](COS(N)(=O)=O)(OC)[C@H]1OC.CO[C@@H]1[C@H](OC)CO[C@](OC)(OCS(N)(=O)=O)[C@H]1OC.CO[C@H]1[C@@H](OC)CO[C@]2(CCS(N)(=O)=O)OC(C)(C)O[C@H]12.NS(=O)(=O)CC[C@]12OCO[C@H]1[C@@H]1OCO[C@@H]1CO2. The highest BCUT2D eigenvalue weighted by atomic mass is 32.2. The average Bonchev–Trinajstić information content (AvgIpc) is 4.12. The molecule has 0 saturated carbocycles. The molecule has 34 nitrogen and oxygen atoms in total. The molecule has 7 saturated heterocycles. The number of ether oxygens (including phenoxy) is 21. The van der Waals surface area contributed by atoms with Crippen LogP contribution in [0.2, 0.25) is 0 Å². The first-order chi connectivity index (χ1) is 36.8. The maximum absolute atomic E-state index is 11.3. The van der Waals surface area contributed by atoms with Crippen LogP contribution in [0.1, 0.15) is 26.7 Å². The van der Waals surface area contributed by atoms with Gasteiger partial charge in [0.1, 0.15) is 80.5 Å². The van der Waals surface area contributed by atoms with Crippen LogP contribution in [-0.2, 0) is 144 Å². The number of nitrogens with two attached hydrogens (primary N) is 4. The van der Waals surface area contributed by atoms with Crippen molar-refractivity contribution in [3.05, 3.63) is 0 Å². The van der Waals surface area contributed by atoms with Gasteiger partial charge in [0, 0.05) is 83.9 Å². The molecule has 16 atom stereocenters. The van der Waals surface area contributed by atoms with E-state index in [1.54, 1.807) is 28.1 Å². The van der Waals surface area contributed by atoms with Gasteiger partial charge in [0.2, 0.25) is 47.4 Å². The van der Waals surface area contributed by atoms with Crippen molar-refractivity contribution in [3.63, 3.8) is 0 Å². The van der Waals surface area contributed by atoms with Crippen LogP contribution in [0.5, 0.6) is 0 Å². The monoisotopic (exact) mass is 1240 g/mol. The van der Waals surface area contributed by atoms with Crippen LogP contribution in [-0.4, -0.2) is 271 Å². The largest absolute Gasteiger partial charge is 0.376 e. The lowest BCUT2D eigenvalue weighted by molar-refractivity contribution is -0.438. The smallest absolute Gasteiger partial charge is 0.333 e. The van der Waals surface area contributed by atoms with Gasteiger partial charge in [0.05, 0.1) is 37.9 Å². The quantitative estimate of drug-likeness (QED) is 0.0740. The summed E-state index contributed by atoms with van der Waals surface area (Å²) in [5.41, 5.74) is 0. The fraction of sp³-hybridized carbons (Fsp3) is 1.00. The molecule has 468 valence electrons. The molecule has 7 rings (SSSR count). The second-order valence-corrected chi connectivity index (χ2v) is 24.9. The highest BCUT2D eigenvalue weighted by Gasteiger charge is 2.63. The number of methoxy groups -OCH3 is 10. The molecule has 7 heterocycles. The third kappa shape index (κ3) is 18.4. The third-order valence-corrected chi connectivity index (χ3v) is 15.8. The second-order valence-electron chi connectivity index (χ2n) is 18.7. The van der Waals surface area contributed by atoms with Crippen LogP contribution in [0.4, 0.5) is 0 Å². The molecule has 38 heteroatoms. The van der Waals surface area contributed by atoms with Crippen LogP contribution in [0.3, 0.4) is 0 Å². The first-order valence-electron chi connectivity index (χ1n) is 23.9. The zero-order valence-electron chi connectivity index (χ0n) is 46.1. The second kappa shape index (κ2) is 29.2. The minimum atomic E-state index is -4.13. The molecular weight excluding hydrogens is 1160 g/mol. The zero-order chi connectivity index (χ0) is 59.5. The molecule has 0 amide bonds. The summed E-state index contributed by atoms with van der Waals surface area (Å²) in [6.07, 6.45) is -5.66. The average molecular weight is 1240 g/mol. The van der Waals surface area contributed by atoms with E-state index in [9.17, 15) is 33.7 Å². The van der Waals surface area contributed by atoms with E-state index in [2.05, 4.69) is 4.18 Å². The Morgan fingerprint density at radius 1 is 0.506 bits per heavy atom. The first-order valence-corrected chi connectivity index (χ1v) is 30.5. The maximum Gasteiger partial charge on any atom is 0.333 e. The molecule has 8 N–H and O–H groups in total. The predicted octanol–water partition coefficient (Wildman–Crippen LogP) is -4.67. The van der Waals surface area contributed by atoms with Gasteiger partial charge < -0.3 is 99.5 Å². The molecular formula is C41H80N4O30S4. The highest BCUT2D eigenvalue weighted by molar-refractivity contribution is 7.89. The molecule has 7 aliphatic heterocycles. The predicted molar refractivity (Wildman–Crippen MR) is 264 cm³/mol. The Morgan fingerprint density at radius 3 is 1.52 bits per heavy atom. The summed E-state index contributed by atoms with van der Waals surface area (Å²) < 4.78 is 207. The van der Waals surface area contributed by atoms with Gasteiger partial charge in [-0.1, -0.05) is 0 Å². The van der Waals surface area contributed by atoms with Crippen molar-refractivity contribution in [2.75, 3.05) is 135 Å². The molecule has 0 aliphatic carbocycles. The van der Waals surface area contributed by atoms with Gasteiger partial charge in [-0.25, -0.2) is 45.8 Å². The van der Waals surface area contributed by atoms with Gasteiger partial charge in [0.15, 0.2) is 24.6 Å². The summed E-state index contributed by atoms with van der Waals surface area (Å²) in [4.78, 5) is 0. The van der Waals surface area contributed by atoms with Gasteiger partial charge in [-0.05, 0) is 13.8 Å². The van der Waals surface area contributed by atoms with Crippen molar-refractivity contribution < 1.29 is 137 Å². The van der Waals surface area contributed by atoms with Crippen molar-refractivity contribution in [2.24, 2.45) is 20.6 Å². The Kier molecular flexibility index (Phi) is 26.0. The number of fused-ring (bicyclic) bond motifs is 4. The number of hydrogen-bond donors (Lipinski definition) is 4. The minimum absolute atomic E-state index is 0.0435. The van der Waals surface area contributed by atoms with Gasteiger partial charge >= 0.3 is 16.3 Å². The Hall–Kier alpha value is -1.24. The fourth-order valence-corrected chi connectivity index (χ4v) is 11.4. The maximum atomic E-state index is 11.3. The molecule has 0 aromatic heterocycles.